The maximum absolute atomic E-state index is 9.98. The van der Waals surface area contributed by atoms with Gasteiger partial charge in [-0.05, 0) is 166 Å². The van der Waals surface area contributed by atoms with Crippen molar-refractivity contribution in [3.8, 4) is 85.5 Å². The molecule has 1 aliphatic carbocycles. The maximum Gasteiger partial charge on any atom is 0.196 e. The van der Waals surface area contributed by atoms with Gasteiger partial charge in [0.1, 0.15) is 0 Å². The largest absolute Gasteiger partial charge is 0.309 e. The minimum atomic E-state index is -0.0460. The first kappa shape index (κ1) is 69.1. The third-order valence-corrected chi connectivity index (χ3v) is 24.3. The third-order valence-electron chi connectivity index (χ3n) is 23.1. The molecule has 0 fully saturated rings. The van der Waals surface area contributed by atoms with Crippen molar-refractivity contribution in [3.63, 3.8) is 0 Å². The normalized spacial score (nSPS) is 11.9. The number of nitriles is 3. The minimum absolute atomic E-state index is 0.0460. The lowest BCUT2D eigenvalue weighted by atomic mass is 9.82. The molecule has 22 rings (SSSR count). The summed E-state index contributed by atoms with van der Waals surface area (Å²) in [6.45, 7) is 28.0. The zero-order valence-electron chi connectivity index (χ0n) is 62.7. The van der Waals surface area contributed by atoms with Crippen LogP contribution in [0, 0.1) is 53.7 Å². The van der Waals surface area contributed by atoms with E-state index in [-0.39, 0.29) is 5.41 Å². The predicted octanol–water partition coefficient (Wildman–Crippen LogP) is 28.4. The van der Waals surface area contributed by atoms with E-state index in [9.17, 15) is 15.8 Å². The number of nitrogens with zero attached hydrogens (tertiary/aromatic N) is 10. The van der Waals surface area contributed by atoms with Crippen molar-refractivity contribution in [3.05, 3.63) is 402 Å². The molecule has 0 saturated heterocycles. The van der Waals surface area contributed by atoms with Crippen molar-refractivity contribution in [2.24, 2.45) is 0 Å². The van der Waals surface area contributed by atoms with Crippen LogP contribution in [0.2, 0.25) is 0 Å². The van der Waals surface area contributed by atoms with Gasteiger partial charge >= 0.3 is 0 Å². The molecule has 1 aliphatic rings. The van der Waals surface area contributed by atoms with E-state index in [1.807, 2.05) is 65.9 Å². The molecule has 0 atom stereocenters. The van der Waals surface area contributed by atoms with E-state index in [4.69, 9.17) is 19.7 Å². The number of benzene rings is 16. The number of hydrogen-bond acceptors (Lipinski definition) is 4. The summed E-state index contributed by atoms with van der Waals surface area (Å²) in [6, 6.07) is 123. The van der Waals surface area contributed by atoms with Crippen LogP contribution in [-0.4, -0.2) is 18.3 Å². The zero-order valence-corrected chi connectivity index (χ0v) is 63.5. The smallest absolute Gasteiger partial charge is 0.196 e. The molecular formula is C105H62N10S. The van der Waals surface area contributed by atoms with Gasteiger partial charge in [0.05, 0.1) is 82.1 Å². The molecule has 0 N–H and O–H groups in total. The van der Waals surface area contributed by atoms with E-state index in [0.29, 0.717) is 50.4 Å². The summed E-state index contributed by atoms with van der Waals surface area (Å²) < 4.78 is 11.8. The van der Waals surface area contributed by atoms with Crippen molar-refractivity contribution >= 4 is 136 Å². The van der Waals surface area contributed by atoms with E-state index in [1.54, 1.807) is 54.6 Å². The Balaban J connectivity index is 0.000000113. The standard InChI is InChI=1S/C38H22N4.C35H23N3.C32H17N3S/c1-40-32-17-9-11-25(24-39)37(32)30-16-10-20-36-38(30)29-15-6-8-19-34(29)42(36)27-21-22-35-31(23-27)28-14-5-7-18-33(28)41(35)26-12-3-2-4-13-26;1-35(2)28-14-6-4-11-24(28)27-20-23(18-19-29(27)35)38-31-16-7-5-12-25(31)34-26(13-9-17-32(34)38)33-22(21-36)10-8-15-30(33)37-3;1-34-26-12-6-8-20(19-33)31(26)24-11-7-14-28-32(24)23-10-2-4-13-27(23)35(28)21-16-17-30-25(18-21)22-9-3-5-15-29(22)36-30/h2-23H;4-20H,1-2H3;2-18H. The SMILES string of the molecule is [C-]#[N+]c1cccc(C#N)c1-c1cccc2c1c1ccccc1n2-c1ccc2c(c1)-c1ccccc1C2(C)C.[C-]#[N+]c1cccc(C#N)c1-c1cccc2c1c1ccccc1n2-c1ccc2c(c1)c1ccccc1n2-c1ccccc1.[C-]#[N+]c1cccc(C#N)c1-c1cccc2c1c1ccccc1n2-c1ccc2sc3ccccc3c2c1. The first-order valence-electron chi connectivity index (χ1n) is 38.2. The molecule has 0 saturated carbocycles. The maximum atomic E-state index is 9.98. The first-order chi connectivity index (χ1) is 57.1. The second kappa shape index (κ2) is 27.7. The fraction of sp³-hybridized carbons (Fsp3) is 0.0286. The fourth-order valence-electron chi connectivity index (χ4n) is 18.2. The minimum Gasteiger partial charge on any atom is -0.309 e. The van der Waals surface area contributed by atoms with Crippen LogP contribution in [-0.2, 0) is 5.41 Å². The van der Waals surface area contributed by atoms with Crippen LogP contribution < -0.4 is 0 Å². The van der Waals surface area contributed by atoms with Gasteiger partial charge < -0.3 is 18.3 Å². The molecule has 0 aliphatic heterocycles. The van der Waals surface area contributed by atoms with Crippen molar-refractivity contribution in [2.45, 2.75) is 19.3 Å². The number of aromatic nitrogens is 4. The van der Waals surface area contributed by atoms with E-state index >= 15 is 0 Å². The van der Waals surface area contributed by atoms with Crippen molar-refractivity contribution in [1.29, 1.82) is 15.8 Å². The van der Waals surface area contributed by atoms with Gasteiger partial charge in [0.15, 0.2) is 17.1 Å². The fourth-order valence-corrected chi connectivity index (χ4v) is 19.3. The molecule has 0 spiro atoms. The third kappa shape index (κ3) is 10.7. The highest BCUT2D eigenvalue weighted by atomic mass is 32.1. The van der Waals surface area contributed by atoms with Gasteiger partial charge in [-0.15, -0.1) is 11.3 Å². The van der Waals surface area contributed by atoms with E-state index in [0.717, 1.165) is 110 Å². The van der Waals surface area contributed by atoms with E-state index in [2.05, 4.69) is 295 Å². The number of thiophene rings is 1. The van der Waals surface area contributed by atoms with Gasteiger partial charge in [-0.25, -0.2) is 14.5 Å². The van der Waals surface area contributed by atoms with Gasteiger partial charge in [-0.2, -0.15) is 15.8 Å². The number of rotatable bonds is 7. The average Bonchev–Trinajstić information content (AvgIpc) is 1.58. The van der Waals surface area contributed by atoms with Crippen LogP contribution in [0.15, 0.2) is 340 Å². The van der Waals surface area contributed by atoms with Gasteiger partial charge in [0.2, 0.25) is 0 Å². The second-order valence-electron chi connectivity index (χ2n) is 29.5. The van der Waals surface area contributed by atoms with Gasteiger partial charge in [-0.1, -0.05) is 226 Å². The molecule has 0 radical (unpaired) electrons. The Hall–Kier alpha value is -16.1. The van der Waals surface area contributed by atoms with E-state index < -0.39 is 0 Å². The lowest BCUT2D eigenvalue weighted by molar-refractivity contribution is 0.660. The molecule has 5 aromatic heterocycles. The summed E-state index contributed by atoms with van der Waals surface area (Å²) in [6.07, 6.45) is 0. The second-order valence-corrected chi connectivity index (χ2v) is 30.6. The molecule has 0 bridgehead atoms. The number of para-hydroxylation sites is 5. The highest BCUT2D eigenvalue weighted by molar-refractivity contribution is 7.25. The summed E-state index contributed by atoms with van der Waals surface area (Å²) >= 11 is 1.81. The molecule has 5 heterocycles. The number of hydrogen-bond donors (Lipinski definition) is 0. The Labute approximate surface area is 671 Å². The first-order valence-corrected chi connectivity index (χ1v) is 39.0. The van der Waals surface area contributed by atoms with Crippen LogP contribution in [0.25, 0.3) is 189 Å². The van der Waals surface area contributed by atoms with Crippen molar-refractivity contribution < 1.29 is 0 Å². The van der Waals surface area contributed by atoms with Crippen molar-refractivity contribution in [2.75, 3.05) is 0 Å². The summed E-state index contributed by atoms with van der Waals surface area (Å²) in [5.41, 5.74) is 26.1. The van der Waals surface area contributed by atoms with Crippen LogP contribution in [0.3, 0.4) is 0 Å². The van der Waals surface area contributed by atoms with Gasteiger partial charge in [0, 0.05) is 125 Å². The van der Waals surface area contributed by atoms with Gasteiger partial charge in [0.25, 0.3) is 0 Å². The Morgan fingerprint density at radius 1 is 0.267 bits per heavy atom. The van der Waals surface area contributed by atoms with Crippen LogP contribution in [0.1, 0.15) is 41.7 Å². The molecule has 0 unspecified atom stereocenters. The monoisotopic (exact) mass is 1490 g/mol. The molecule has 116 heavy (non-hydrogen) atoms. The van der Waals surface area contributed by atoms with Crippen LogP contribution in [0.5, 0.6) is 0 Å². The quantitative estimate of drug-likeness (QED) is 0.148. The Morgan fingerprint density at radius 3 is 1.10 bits per heavy atom. The highest BCUT2D eigenvalue weighted by Crippen LogP contribution is 2.52. The van der Waals surface area contributed by atoms with Crippen molar-refractivity contribution in [1.82, 2.24) is 18.3 Å². The summed E-state index contributed by atoms with van der Waals surface area (Å²) in [7, 11) is 0. The molecular weight excluding hydrogens is 1430 g/mol. The molecule has 0 amide bonds. The Bertz CT molecular complexity index is 7930. The molecule has 10 nitrogen and oxygen atoms in total. The van der Waals surface area contributed by atoms with E-state index in [1.165, 1.54) is 58.7 Å². The van der Waals surface area contributed by atoms with Crippen LogP contribution >= 0.6 is 11.3 Å². The number of fused-ring (bicyclic) bond motifs is 18. The Kier molecular flexibility index (Phi) is 16.5. The van der Waals surface area contributed by atoms with Crippen LogP contribution in [0.4, 0.5) is 17.1 Å². The summed E-state index contributed by atoms with van der Waals surface area (Å²) in [5.74, 6) is 0. The van der Waals surface area contributed by atoms with Gasteiger partial charge in [-0.3, -0.25) is 0 Å². The molecule has 11 heteroatoms. The Morgan fingerprint density at radius 2 is 0.612 bits per heavy atom. The zero-order chi connectivity index (χ0) is 78.5. The topological polar surface area (TPSA) is 104 Å². The molecule has 538 valence electrons. The lowest BCUT2D eigenvalue weighted by Crippen LogP contribution is -2.14. The molecule has 21 aromatic rings. The summed E-state index contributed by atoms with van der Waals surface area (Å²) in [5, 5.41) is 41.1. The molecule has 16 aromatic carbocycles. The summed E-state index contributed by atoms with van der Waals surface area (Å²) in [4.78, 5) is 11.3. The predicted molar refractivity (Wildman–Crippen MR) is 476 cm³/mol. The highest BCUT2D eigenvalue weighted by Gasteiger charge is 2.36. The lowest BCUT2D eigenvalue weighted by Gasteiger charge is -2.21. The average molecular weight is 1500 g/mol.